The SMILES string of the molecule is BrI.[Br][Ag]. The molecule has 0 aliphatic heterocycles. The van der Waals surface area contributed by atoms with E-state index in [-0.39, 0.29) is 0 Å². The molecule has 0 aromatic heterocycles. The fourth-order valence-electron chi connectivity index (χ4n) is 0. The van der Waals surface area contributed by atoms with Crippen LogP contribution in [0.25, 0.3) is 0 Å². The Balaban J connectivity index is 0. The average Bonchev–Trinajstić information content (AvgIpc) is 1.50. The first-order valence-corrected chi connectivity index (χ1v) is 8.48. The second kappa shape index (κ2) is 18.0. The van der Waals surface area contributed by atoms with Crippen molar-refractivity contribution >= 4 is 46.1 Å². The van der Waals surface area contributed by atoms with Crippen LogP contribution in [0.15, 0.2) is 0 Å². The standard InChI is InChI=1S/Ag.BrI.BrH/c;1-2;/h;;1H/q+1;;/p-1. The van der Waals surface area contributed by atoms with Crippen molar-refractivity contribution in [3.8, 4) is 0 Å². The van der Waals surface area contributed by atoms with E-state index in [1.807, 2.05) is 20.4 Å². The van der Waals surface area contributed by atoms with Gasteiger partial charge in [-0.25, -0.2) is 0 Å². The van der Waals surface area contributed by atoms with Crippen LogP contribution >= 0.6 is 46.1 Å². The van der Waals surface area contributed by atoms with Gasteiger partial charge in [-0.15, -0.1) is 0 Å². The summed E-state index contributed by atoms with van der Waals surface area (Å²) in [5.74, 6) is 0. The Hall–Kier alpha value is 2.43. The molecule has 0 bridgehead atoms. The second-order valence-electron chi connectivity index (χ2n) is 0. The molecule has 4 heteroatoms. The normalized spacial score (nSPS) is 3.25. The molecule has 0 saturated carbocycles. The molecule has 0 heterocycles. The van der Waals surface area contributed by atoms with Crippen molar-refractivity contribution in [2.24, 2.45) is 0 Å². The van der Waals surface area contributed by atoms with E-state index in [2.05, 4.69) is 44.6 Å². The molecule has 0 saturated heterocycles. The molecule has 0 aliphatic rings. The first-order valence-electron chi connectivity index (χ1n) is 0.257. The molecule has 0 spiro atoms. The maximum atomic E-state index is 2.91. The molecule has 0 aliphatic carbocycles. The zero-order valence-corrected chi connectivity index (χ0v) is 8.25. The molecule has 0 fully saturated rings. The monoisotopic (exact) mass is 392 g/mol. The van der Waals surface area contributed by atoms with Crippen LogP contribution < -0.4 is 0 Å². The third-order valence-corrected chi connectivity index (χ3v) is 0. The summed E-state index contributed by atoms with van der Waals surface area (Å²) in [4.78, 5) is 0. The summed E-state index contributed by atoms with van der Waals surface area (Å²) in [6.07, 6.45) is 0. The van der Waals surface area contributed by atoms with Crippen LogP contribution in [0.4, 0.5) is 0 Å². The van der Waals surface area contributed by atoms with E-state index < -0.39 is 0 Å². The van der Waals surface area contributed by atoms with E-state index in [4.69, 9.17) is 0 Å². The third kappa shape index (κ3) is 8.83. The van der Waals surface area contributed by atoms with Gasteiger partial charge >= 0.3 is 32.0 Å². The van der Waals surface area contributed by atoms with Gasteiger partial charge in [0.2, 0.25) is 0 Å². The molecule has 0 N–H and O–H groups in total. The van der Waals surface area contributed by atoms with Crippen LogP contribution in [-0.4, -0.2) is 0 Å². The van der Waals surface area contributed by atoms with Crippen LogP contribution in [0.3, 0.4) is 0 Å². The Labute approximate surface area is 63.9 Å². The van der Waals surface area contributed by atoms with Crippen LogP contribution in [0.1, 0.15) is 0 Å². The Morgan fingerprint density at radius 1 is 1.25 bits per heavy atom. The van der Waals surface area contributed by atoms with Crippen molar-refractivity contribution in [1.82, 2.24) is 0 Å². The molecule has 0 unspecified atom stereocenters. The molecule has 0 amide bonds. The van der Waals surface area contributed by atoms with Gasteiger partial charge < -0.3 is 0 Å². The Morgan fingerprint density at radius 2 is 1.25 bits per heavy atom. The van der Waals surface area contributed by atoms with E-state index in [1.54, 1.807) is 0 Å². The Bertz CT molecular complexity index is 6.00. The topological polar surface area (TPSA) is 0 Å². The summed E-state index contributed by atoms with van der Waals surface area (Å²) >= 11 is 10.4. The number of hydrogen-bond donors (Lipinski definition) is 0. The summed E-state index contributed by atoms with van der Waals surface area (Å²) in [5, 5.41) is 0. The molecule has 0 rings (SSSR count). The number of halogens is 3. The molecule has 0 radical (unpaired) electrons. The summed E-state index contributed by atoms with van der Waals surface area (Å²) < 4.78 is 0. The van der Waals surface area contributed by atoms with E-state index in [0.29, 0.717) is 0 Å². The molecule has 0 aromatic rings. The summed E-state index contributed by atoms with van der Waals surface area (Å²) in [5.41, 5.74) is 0. The zero-order valence-electron chi connectivity index (χ0n) is 1.44. The van der Waals surface area contributed by atoms with E-state index in [1.165, 1.54) is 0 Å². The van der Waals surface area contributed by atoms with Gasteiger partial charge in [0.25, 0.3) is 0 Å². The van der Waals surface area contributed by atoms with Crippen LogP contribution in [-0.2, 0) is 18.9 Å². The van der Waals surface area contributed by atoms with Crippen molar-refractivity contribution in [2.75, 3.05) is 0 Å². The fourth-order valence-corrected chi connectivity index (χ4v) is 0. The maximum absolute atomic E-state index is 2.91. The van der Waals surface area contributed by atoms with Crippen LogP contribution in [0, 0.1) is 0 Å². The van der Waals surface area contributed by atoms with E-state index in [0.717, 1.165) is 0 Å². The van der Waals surface area contributed by atoms with E-state index >= 15 is 0 Å². The number of rotatable bonds is 0. The molecule has 0 atom stereocenters. The zero-order chi connectivity index (χ0) is 4.00. The second-order valence-corrected chi connectivity index (χ2v) is 0. The fraction of sp³-hybridized carbons (Fsp3) is 0. The van der Waals surface area contributed by atoms with Crippen molar-refractivity contribution in [3.05, 3.63) is 0 Å². The molecular weight excluding hydrogens is 395 g/mol. The quantitative estimate of drug-likeness (QED) is 0.438. The predicted molar refractivity (Wildman–Crippen MR) is 31.9 cm³/mol. The Morgan fingerprint density at radius 3 is 1.25 bits per heavy atom. The van der Waals surface area contributed by atoms with Crippen molar-refractivity contribution in [2.45, 2.75) is 0 Å². The van der Waals surface area contributed by atoms with Crippen molar-refractivity contribution < 1.29 is 18.9 Å². The van der Waals surface area contributed by atoms with Crippen molar-refractivity contribution in [1.29, 1.82) is 0 Å². The van der Waals surface area contributed by atoms with Gasteiger partial charge in [-0.1, -0.05) is 0 Å². The van der Waals surface area contributed by atoms with Gasteiger partial charge in [-0.2, -0.15) is 0 Å². The predicted octanol–water partition coefficient (Wildman–Crippen LogP) is 2.57. The van der Waals surface area contributed by atoms with Gasteiger partial charge in [0.05, 0.1) is 0 Å². The van der Waals surface area contributed by atoms with Gasteiger partial charge in [0.1, 0.15) is 0 Å². The summed E-state index contributed by atoms with van der Waals surface area (Å²) in [6.45, 7) is 0. The first-order chi connectivity index (χ1) is 2.00. The summed E-state index contributed by atoms with van der Waals surface area (Å²) in [6, 6.07) is 0. The number of hydrogen-bond acceptors (Lipinski definition) is 0. The minimum atomic E-state index is 1.96. The van der Waals surface area contributed by atoms with Crippen LogP contribution in [0.5, 0.6) is 0 Å². The molecule has 0 nitrogen and oxygen atoms in total. The first kappa shape index (κ1) is 9.66. The third-order valence-electron chi connectivity index (χ3n) is 0. The van der Waals surface area contributed by atoms with Gasteiger partial charge in [-0.3, -0.25) is 0 Å². The van der Waals surface area contributed by atoms with Gasteiger partial charge in [-0.05, 0) is 12.7 Å². The summed E-state index contributed by atoms with van der Waals surface area (Å²) in [7, 11) is 0. The molecular formula is AgBr2I. The molecule has 0 aromatic carbocycles. The minimum absolute atomic E-state index is 1.96. The van der Waals surface area contributed by atoms with Gasteiger partial charge in [0, 0.05) is 20.4 Å². The van der Waals surface area contributed by atoms with Crippen LogP contribution in [0.2, 0.25) is 0 Å². The molecule has 32 valence electrons. The molecule has 4 heavy (non-hydrogen) atoms. The van der Waals surface area contributed by atoms with E-state index in [9.17, 15) is 0 Å². The van der Waals surface area contributed by atoms with Crippen molar-refractivity contribution in [3.63, 3.8) is 0 Å². The average molecular weight is 395 g/mol. The van der Waals surface area contributed by atoms with Gasteiger partial charge in [0.15, 0.2) is 0 Å². The Kier molecular flexibility index (Phi) is 43.6.